The second kappa shape index (κ2) is 7.78. The summed E-state index contributed by atoms with van der Waals surface area (Å²) in [6, 6.07) is -0.0898. The maximum atomic E-state index is 12.4. The molecule has 0 aromatic heterocycles. The standard InChI is InChI=1S/C20H34N4O2.ClH/c1-19(12-21)3-5-24(13-19)17(25)2-4-22-18(26)23-20-9-14-6-15(10-20)8-16(7-14)11-20;/h14-16H,2-13,21H2,1H3,(H2,22,23,26);1H. The first-order valence-corrected chi connectivity index (χ1v) is 10.4. The Bertz CT molecular complexity index is 549. The number of nitrogens with one attached hydrogen (secondary N) is 2. The molecule has 6 nitrogen and oxygen atoms in total. The van der Waals surface area contributed by atoms with Crippen LogP contribution in [0.5, 0.6) is 0 Å². The molecular weight excluding hydrogens is 364 g/mol. The molecule has 5 rings (SSSR count). The van der Waals surface area contributed by atoms with Crippen molar-refractivity contribution in [3.05, 3.63) is 0 Å². The van der Waals surface area contributed by atoms with Crippen LogP contribution in [-0.2, 0) is 4.79 Å². The minimum atomic E-state index is -0.0898. The summed E-state index contributed by atoms with van der Waals surface area (Å²) in [4.78, 5) is 26.7. The average molecular weight is 399 g/mol. The summed E-state index contributed by atoms with van der Waals surface area (Å²) in [6.45, 7) is 4.68. The van der Waals surface area contributed by atoms with Crippen LogP contribution in [0.4, 0.5) is 4.79 Å². The first-order valence-electron chi connectivity index (χ1n) is 10.4. The van der Waals surface area contributed by atoms with E-state index in [0.29, 0.717) is 19.5 Å². The van der Waals surface area contributed by atoms with Crippen LogP contribution in [0.1, 0.15) is 58.3 Å². The van der Waals surface area contributed by atoms with E-state index in [9.17, 15) is 9.59 Å². The molecule has 1 unspecified atom stereocenters. The molecule has 3 amide bonds. The van der Waals surface area contributed by atoms with Gasteiger partial charge in [0.15, 0.2) is 0 Å². The van der Waals surface area contributed by atoms with Gasteiger partial charge >= 0.3 is 6.03 Å². The van der Waals surface area contributed by atoms with Gasteiger partial charge in [0, 0.05) is 31.6 Å². The summed E-state index contributed by atoms with van der Waals surface area (Å²) in [6.07, 6.45) is 8.90. The lowest BCUT2D eigenvalue weighted by Gasteiger charge is -2.56. The summed E-state index contributed by atoms with van der Waals surface area (Å²) in [5.41, 5.74) is 5.89. The molecule has 0 radical (unpaired) electrons. The van der Waals surface area contributed by atoms with Crippen molar-refractivity contribution in [2.45, 2.75) is 63.8 Å². The predicted octanol–water partition coefficient (Wildman–Crippen LogP) is 2.26. The first kappa shape index (κ1) is 20.7. The Kier molecular flexibility index (Phi) is 5.97. The van der Waals surface area contributed by atoms with Gasteiger partial charge in [-0.25, -0.2) is 4.79 Å². The summed E-state index contributed by atoms with van der Waals surface area (Å²) in [5, 5.41) is 6.22. The molecule has 5 fully saturated rings. The number of hydrogen-bond acceptors (Lipinski definition) is 3. The number of carbonyl (C=O) groups excluding carboxylic acids is 2. The van der Waals surface area contributed by atoms with E-state index in [1.54, 1.807) is 0 Å². The van der Waals surface area contributed by atoms with E-state index in [1.807, 2.05) is 4.90 Å². The normalized spacial score (nSPS) is 39.2. The maximum absolute atomic E-state index is 12.4. The highest BCUT2D eigenvalue weighted by molar-refractivity contribution is 5.85. The number of hydrogen-bond donors (Lipinski definition) is 3. The van der Waals surface area contributed by atoms with Crippen molar-refractivity contribution in [2.75, 3.05) is 26.2 Å². The van der Waals surface area contributed by atoms with Crippen LogP contribution in [0.2, 0.25) is 0 Å². The molecule has 0 aromatic carbocycles. The molecule has 1 aliphatic heterocycles. The number of halogens is 1. The van der Waals surface area contributed by atoms with Crippen molar-refractivity contribution in [3.8, 4) is 0 Å². The van der Waals surface area contributed by atoms with Crippen molar-refractivity contribution in [3.63, 3.8) is 0 Å². The molecule has 1 saturated heterocycles. The van der Waals surface area contributed by atoms with Crippen LogP contribution in [0.3, 0.4) is 0 Å². The van der Waals surface area contributed by atoms with Gasteiger partial charge in [-0.3, -0.25) is 4.79 Å². The molecule has 154 valence electrons. The van der Waals surface area contributed by atoms with Crippen molar-refractivity contribution >= 4 is 24.3 Å². The fraction of sp³-hybridized carbons (Fsp3) is 0.900. The highest BCUT2D eigenvalue weighted by atomic mass is 35.5. The molecule has 0 aromatic rings. The fourth-order valence-electron chi connectivity index (χ4n) is 6.39. The Morgan fingerprint density at radius 2 is 1.70 bits per heavy atom. The Hall–Kier alpha value is -1.01. The van der Waals surface area contributed by atoms with Crippen molar-refractivity contribution in [1.82, 2.24) is 15.5 Å². The zero-order valence-electron chi connectivity index (χ0n) is 16.5. The minimum Gasteiger partial charge on any atom is -0.342 e. The van der Waals surface area contributed by atoms with E-state index in [4.69, 9.17) is 5.73 Å². The second-order valence-corrected chi connectivity index (χ2v) is 9.91. The van der Waals surface area contributed by atoms with Crippen LogP contribution in [0.25, 0.3) is 0 Å². The first-order chi connectivity index (χ1) is 12.4. The van der Waals surface area contributed by atoms with Crippen LogP contribution in [-0.4, -0.2) is 48.6 Å². The Labute approximate surface area is 168 Å². The lowest BCUT2D eigenvalue weighted by atomic mass is 9.53. The molecule has 5 aliphatic rings. The quantitative estimate of drug-likeness (QED) is 0.663. The summed E-state index contributed by atoms with van der Waals surface area (Å²) in [5.74, 6) is 2.57. The monoisotopic (exact) mass is 398 g/mol. The van der Waals surface area contributed by atoms with Crippen LogP contribution in [0.15, 0.2) is 0 Å². The highest BCUT2D eigenvalue weighted by Gasteiger charge is 2.51. The van der Waals surface area contributed by atoms with E-state index in [-0.39, 0.29) is 35.3 Å². The third-order valence-corrected chi connectivity index (χ3v) is 7.44. The van der Waals surface area contributed by atoms with Gasteiger partial charge in [0.25, 0.3) is 0 Å². The van der Waals surface area contributed by atoms with Gasteiger partial charge in [-0.1, -0.05) is 6.92 Å². The third-order valence-electron chi connectivity index (χ3n) is 7.44. The van der Waals surface area contributed by atoms with Crippen molar-refractivity contribution in [1.29, 1.82) is 0 Å². The molecule has 0 spiro atoms. The van der Waals surface area contributed by atoms with Crippen LogP contribution >= 0.6 is 12.4 Å². The van der Waals surface area contributed by atoms with E-state index in [2.05, 4.69) is 17.6 Å². The molecular formula is C20H35ClN4O2. The Morgan fingerprint density at radius 3 is 2.22 bits per heavy atom. The molecule has 4 aliphatic carbocycles. The average Bonchev–Trinajstić information content (AvgIpc) is 2.96. The van der Waals surface area contributed by atoms with E-state index < -0.39 is 0 Å². The molecule has 27 heavy (non-hydrogen) atoms. The molecule has 4 bridgehead atoms. The second-order valence-electron chi connectivity index (χ2n) is 9.91. The Balaban J connectivity index is 0.00000210. The van der Waals surface area contributed by atoms with E-state index in [1.165, 1.54) is 19.3 Å². The van der Waals surface area contributed by atoms with Gasteiger partial charge in [0.1, 0.15) is 0 Å². The van der Waals surface area contributed by atoms with E-state index >= 15 is 0 Å². The highest BCUT2D eigenvalue weighted by Crippen LogP contribution is 2.55. The number of nitrogens with zero attached hydrogens (tertiary/aromatic N) is 1. The summed E-state index contributed by atoms with van der Waals surface area (Å²) >= 11 is 0. The number of urea groups is 1. The SMILES string of the molecule is CC1(CN)CCN(C(=O)CCNC(=O)NC23CC4CC(CC(C4)C2)C3)C1.Cl. The van der Waals surface area contributed by atoms with Crippen molar-refractivity contribution < 1.29 is 9.59 Å². The molecule has 1 heterocycles. The predicted molar refractivity (Wildman–Crippen MR) is 108 cm³/mol. The van der Waals surface area contributed by atoms with Gasteiger partial charge in [-0.15, -0.1) is 12.4 Å². The lowest BCUT2D eigenvalue weighted by molar-refractivity contribution is -0.130. The van der Waals surface area contributed by atoms with Gasteiger partial charge in [0.05, 0.1) is 0 Å². The number of likely N-dealkylation sites (tertiary alicyclic amines) is 1. The van der Waals surface area contributed by atoms with Gasteiger partial charge in [-0.2, -0.15) is 0 Å². The van der Waals surface area contributed by atoms with Crippen LogP contribution < -0.4 is 16.4 Å². The number of rotatable bonds is 5. The van der Waals surface area contributed by atoms with Gasteiger partial charge in [0.2, 0.25) is 5.91 Å². The molecule has 4 N–H and O–H groups in total. The molecule has 7 heteroatoms. The Morgan fingerprint density at radius 1 is 1.11 bits per heavy atom. The number of nitrogens with two attached hydrogens (primary N) is 1. The topological polar surface area (TPSA) is 87.5 Å². The summed E-state index contributed by atoms with van der Waals surface area (Å²) < 4.78 is 0. The summed E-state index contributed by atoms with van der Waals surface area (Å²) in [7, 11) is 0. The number of carbonyl (C=O) groups is 2. The number of amides is 3. The minimum absolute atomic E-state index is 0. The van der Waals surface area contributed by atoms with Crippen molar-refractivity contribution in [2.24, 2.45) is 28.9 Å². The van der Waals surface area contributed by atoms with Gasteiger partial charge in [-0.05, 0) is 74.7 Å². The third kappa shape index (κ3) is 4.37. The van der Waals surface area contributed by atoms with Gasteiger partial charge < -0.3 is 21.3 Å². The fourth-order valence-corrected chi connectivity index (χ4v) is 6.39. The zero-order valence-corrected chi connectivity index (χ0v) is 17.3. The molecule has 4 saturated carbocycles. The van der Waals surface area contributed by atoms with E-state index in [0.717, 1.165) is 56.5 Å². The maximum Gasteiger partial charge on any atom is 0.315 e. The zero-order chi connectivity index (χ0) is 18.4. The molecule has 1 atom stereocenters. The van der Waals surface area contributed by atoms with Crippen LogP contribution in [0, 0.1) is 23.2 Å². The largest absolute Gasteiger partial charge is 0.342 e. The lowest BCUT2D eigenvalue weighted by Crippen LogP contribution is -2.61. The smallest absolute Gasteiger partial charge is 0.315 e.